The molecule has 0 atom stereocenters. The molecule has 0 spiro atoms. The lowest BCUT2D eigenvalue weighted by molar-refractivity contribution is -0.502. The van der Waals surface area contributed by atoms with Gasteiger partial charge in [0, 0.05) is 23.0 Å². The molecule has 0 aliphatic carbocycles. The van der Waals surface area contributed by atoms with Gasteiger partial charge in [-0.05, 0) is 53.4 Å². The molecule has 4 heterocycles. The fourth-order valence-corrected chi connectivity index (χ4v) is 4.69. The Morgan fingerprint density at radius 1 is 1.12 bits per heavy atom. The lowest BCUT2D eigenvalue weighted by Crippen LogP contribution is -2.37. The number of benzene rings is 1. The predicted octanol–water partition coefficient (Wildman–Crippen LogP) is 3.75. The van der Waals surface area contributed by atoms with E-state index >= 15 is 0 Å². The number of carbonyl (C=O) groups excluding carboxylic acids is 1. The van der Waals surface area contributed by atoms with E-state index < -0.39 is 0 Å². The Hall–Kier alpha value is -4.18. The SMILES string of the molecule is Cc1cccc(NC(=O)NC2=NC=[N+](CCNc3ncnc4cc(-c5ccncc5)sc34)C2)c1. The van der Waals surface area contributed by atoms with Crippen molar-refractivity contribution in [1.29, 1.82) is 0 Å². The Balaban J connectivity index is 1.13. The van der Waals surface area contributed by atoms with Gasteiger partial charge >= 0.3 is 6.03 Å². The second-order valence-electron chi connectivity index (χ2n) is 7.82. The number of anilines is 2. The fraction of sp³-hybridized carbons (Fsp3) is 0.167. The molecule has 3 N–H and O–H groups in total. The zero-order chi connectivity index (χ0) is 23.3. The van der Waals surface area contributed by atoms with Crippen LogP contribution in [-0.4, -0.2) is 57.4 Å². The van der Waals surface area contributed by atoms with Crippen LogP contribution in [0.25, 0.3) is 20.7 Å². The van der Waals surface area contributed by atoms with Crippen LogP contribution in [0.15, 0.2) is 66.2 Å². The summed E-state index contributed by atoms with van der Waals surface area (Å²) in [4.78, 5) is 30.6. The summed E-state index contributed by atoms with van der Waals surface area (Å²) in [6.45, 7) is 3.90. The van der Waals surface area contributed by atoms with Gasteiger partial charge in [-0.1, -0.05) is 12.1 Å². The molecule has 170 valence electrons. The van der Waals surface area contributed by atoms with Crippen LogP contribution in [0.2, 0.25) is 0 Å². The minimum Gasteiger partial charge on any atom is -0.365 e. The number of aliphatic imine (C=N–C) groups is 1. The first-order valence-electron chi connectivity index (χ1n) is 10.8. The molecule has 5 rings (SSSR count). The number of fused-ring (bicyclic) bond motifs is 1. The summed E-state index contributed by atoms with van der Waals surface area (Å²) < 4.78 is 3.05. The van der Waals surface area contributed by atoms with Crippen molar-refractivity contribution in [2.45, 2.75) is 6.92 Å². The summed E-state index contributed by atoms with van der Waals surface area (Å²) in [5, 5.41) is 9.05. The number of nitrogens with zero attached hydrogens (tertiary/aromatic N) is 5. The number of pyridine rings is 1. The Bertz CT molecular complexity index is 1400. The van der Waals surface area contributed by atoms with Gasteiger partial charge in [-0.3, -0.25) is 14.9 Å². The monoisotopic (exact) mass is 471 g/mol. The molecule has 0 fully saturated rings. The second kappa shape index (κ2) is 9.75. The van der Waals surface area contributed by atoms with E-state index in [4.69, 9.17) is 0 Å². The third-order valence-electron chi connectivity index (χ3n) is 5.23. The normalized spacial score (nSPS) is 12.9. The average molecular weight is 472 g/mol. The topological polar surface area (TPSA) is 107 Å². The molecule has 9 nitrogen and oxygen atoms in total. The van der Waals surface area contributed by atoms with Crippen LogP contribution in [0.1, 0.15) is 5.56 Å². The van der Waals surface area contributed by atoms with E-state index in [0.717, 1.165) is 37.7 Å². The molecule has 34 heavy (non-hydrogen) atoms. The molecule has 0 bridgehead atoms. The first kappa shape index (κ1) is 21.7. The van der Waals surface area contributed by atoms with Crippen LogP contribution in [0.3, 0.4) is 0 Å². The van der Waals surface area contributed by atoms with Crippen molar-refractivity contribution in [3.8, 4) is 10.4 Å². The van der Waals surface area contributed by atoms with Crippen LogP contribution >= 0.6 is 11.3 Å². The third-order valence-corrected chi connectivity index (χ3v) is 6.41. The molecule has 10 heteroatoms. The van der Waals surface area contributed by atoms with Gasteiger partial charge in [0.05, 0.1) is 16.8 Å². The number of amidine groups is 1. The van der Waals surface area contributed by atoms with Gasteiger partial charge in [0.25, 0.3) is 12.2 Å². The number of nitrogens with one attached hydrogen (secondary N) is 3. The maximum atomic E-state index is 12.3. The Labute approximate surface area is 200 Å². The van der Waals surface area contributed by atoms with E-state index in [2.05, 4.69) is 42.0 Å². The van der Waals surface area contributed by atoms with Crippen molar-refractivity contribution < 1.29 is 9.37 Å². The summed E-state index contributed by atoms with van der Waals surface area (Å²) in [7, 11) is 0. The summed E-state index contributed by atoms with van der Waals surface area (Å²) in [6, 6.07) is 13.4. The molecular formula is C24H23N8OS+. The molecule has 0 radical (unpaired) electrons. The van der Waals surface area contributed by atoms with Gasteiger partial charge in [0.15, 0.2) is 6.54 Å². The van der Waals surface area contributed by atoms with Crippen molar-refractivity contribution in [2.24, 2.45) is 4.99 Å². The first-order chi connectivity index (χ1) is 16.6. The van der Waals surface area contributed by atoms with E-state index in [1.807, 2.05) is 47.9 Å². The molecule has 0 saturated carbocycles. The highest BCUT2D eigenvalue weighted by molar-refractivity contribution is 7.22. The largest absolute Gasteiger partial charge is 0.365 e. The zero-order valence-corrected chi connectivity index (χ0v) is 19.3. The summed E-state index contributed by atoms with van der Waals surface area (Å²) in [5.74, 6) is 1.42. The number of amides is 2. The van der Waals surface area contributed by atoms with E-state index in [-0.39, 0.29) is 6.03 Å². The van der Waals surface area contributed by atoms with Gasteiger partial charge < -0.3 is 10.6 Å². The van der Waals surface area contributed by atoms with Gasteiger partial charge in [-0.15, -0.1) is 11.3 Å². The quantitative estimate of drug-likeness (QED) is 0.371. The van der Waals surface area contributed by atoms with Gasteiger partial charge in [-0.2, -0.15) is 0 Å². The number of carbonyl (C=O) groups is 1. The number of aromatic nitrogens is 3. The lowest BCUT2D eigenvalue weighted by Gasteiger charge is -2.07. The van der Waals surface area contributed by atoms with Crippen LogP contribution in [-0.2, 0) is 0 Å². The number of rotatable bonds is 6. The fourth-order valence-electron chi connectivity index (χ4n) is 3.61. The molecule has 0 unspecified atom stereocenters. The number of thiophene rings is 1. The van der Waals surface area contributed by atoms with Crippen molar-refractivity contribution in [2.75, 3.05) is 30.3 Å². The molecule has 3 aromatic heterocycles. The highest BCUT2D eigenvalue weighted by Crippen LogP contribution is 2.35. The number of urea groups is 1. The van der Waals surface area contributed by atoms with Crippen molar-refractivity contribution in [3.05, 3.63) is 66.7 Å². The van der Waals surface area contributed by atoms with E-state index in [1.54, 1.807) is 36.4 Å². The molecule has 4 aromatic rings. The average Bonchev–Trinajstić information content (AvgIpc) is 3.47. The smallest absolute Gasteiger partial charge is 0.326 e. The molecule has 1 aliphatic heterocycles. The van der Waals surface area contributed by atoms with Crippen molar-refractivity contribution >= 4 is 51.3 Å². The second-order valence-corrected chi connectivity index (χ2v) is 8.87. The maximum absolute atomic E-state index is 12.3. The third kappa shape index (κ3) is 5.07. The van der Waals surface area contributed by atoms with Crippen molar-refractivity contribution in [1.82, 2.24) is 20.3 Å². The minimum atomic E-state index is -0.302. The van der Waals surface area contributed by atoms with Crippen LogP contribution in [0.4, 0.5) is 16.3 Å². The summed E-state index contributed by atoms with van der Waals surface area (Å²) in [6.07, 6.45) is 6.89. The predicted molar refractivity (Wildman–Crippen MR) is 136 cm³/mol. The maximum Gasteiger partial charge on any atom is 0.326 e. The van der Waals surface area contributed by atoms with Crippen molar-refractivity contribution in [3.63, 3.8) is 0 Å². The Kier molecular flexibility index (Phi) is 6.21. The van der Waals surface area contributed by atoms with E-state index in [0.29, 0.717) is 25.5 Å². The number of hydrogen-bond acceptors (Lipinski definition) is 7. The highest BCUT2D eigenvalue weighted by atomic mass is 32.1. The molecule has 1 aromatic carbocycles. The lowest BCUT2D eigenvalue weighted by atomic mass is 10.2. The van der Waals surface area contributed by atoms with Crippen LogP contribution in [0, 0.1) is 6.92 Å². The summed E-state index contributed by atoms with van der Waals surface area (Å²) in [5.41, 5.74) is 3.86. The molecular weight excluding hydrogens is 448 g/mol. The standard InChI is InChI=1S/C24H22N8OS/c1-16-3-2-4-18(11-16)30-24(33)31-21-13-32(15-29-21)10-9-26-23-22-19(27-14-28-23)12-20(34-22)17-5-7-25-8-6-17/h2-8,11-12,14-15H,9-10,13H2,1H3,(H2,26,27,28,30,33)/p+1. The zero-order valence-electron chi connectivity index (χ0n) is 18.5. The van der Waals surface area contributed by atoms with Crippen LogP contribution in [0.5, 0.6) is 0 Å². The van der Waals surface area contributed by atoms with Crippen LogP contribution < -0.4 is 16.0 Å². The van der Waals surface area contributed by atoms with E-state index in [9.17, 15) is 4.79 Å². The minimum absolute atomic E-state index is 0.302. The number of hydrogen-bond donors (Lipinski definition) is 3. The molecule has 2 amide bonds. The van der Waals surface area contributed by atoms with E-state index in [1.165, 1.54) is 0 Å². The Morgan fingerprint density at radius 2 is 2.00 bits per heavy atom. The molecule has 0 saturated heterocycles. The molecule has 1 aliphatic rings. The van der Waals surface area contributed by atoms with Gasteiger partial charge in [0.2, 0.25) is 0 Å². The highest BCUT2D eigenvalue weighted by Gasteiger charge is 2.20. The van der Waals surface area contributed by atoms with Gasteiger partial charge in [-0.25, -0.2) is 14.8 Å². The Morgan fingerprint density at radius 3 is 2.85 bits per heavy atom. The number of aryl methyl sites for hydroxylation is 1. The first-order valence-corrected chi connectivity index (χ1v) is 11.6. The van der Waals surface area contributed by atoms with Gasteiger partial charge in [0.1, 0.15) is 18.7 Å². The summed E-state index contributed by atoms with van der Waals surface area (Å²) >= 11 is 1.65.